The number of benzene rings is 2. The van der Waals surface area contributed by atoms with E-state index < -0.39 is 0 Å². The zero-order chi connectivity index (χ0) is 26.4. The van der Waals surface area contributed by atoms with E-state index in [9.17, 15) is 9.59 Å². The molecule has 3 aromatic rings. The molecule has 37 heavy (non-hydrogen) atoms. The van der Waals surface area contributed by atoms with Crippen LogP contribution in [0.5, 0.6) is 5.75 Å². The molecule has 0 radical (unpaired) electrons. The number of nitrogens with one attached hydrogen (secondary N) is 3. The Morgan fingerprint density at radius 3 is 2.43 bits per heavy atom. The van der Waals surface area contributed by atoms with Crippen LogP contribution in [-0.4, -0.2) is 29.0 Å². The SMILES string of the molecule is Cc1cccc(NC(=O)N[C@@H]2CCCC[C@H]2NC(=O)c2csc(COc3ccc(C(C)C)cc3)n2)c1C. The summed E-state index contributed by atoms with van der Waals surface area (Å²) in [6, 6.07) is 13.4. The maximum absolute atomic E-state index is 13.0. The summed E-state index contributed by atoms with van der Waals surface area (Å²) in [5, 5.41) is 11.6. The van der Waals surface area contributed by atoms with Crippen LogP contribution in [0.15, 0.2) is 47.8 Å². The lowest BCUT2D eigenvalue weighted by atomic mass is 9.90. The van der Waals surface area contributed by atoms with Crippen LogP contribution in [0, 0.1) is 13.8 Å². The summed E-state index contributed by atoms with van der Waals surface area (Å²) in [7, 11) is 0. The minimum atomic E-state index is -0.255. The van der Waals surface area contributed by atoms with Crippen molar-refractivity contribution in [2.75, 3.05) is 5.32 Å². The summed E-state index contributed by atoms with van der Waals surface area (Å²) in [6.07, 6.45) is 3.65. The van der Waals surface area contributed by atoms with Crippen molar-refractivity contribution in [3.8, 4) is 5.75 Å². The number of amides is 3. The number of thiazole rings is 1. The van der Waals surface area contributed by atoms with Gasteiger partial charge in [0.05, 0.1) is 6.04 Å². The fourth-order valence-electron chi connectivity index (χ4n) is 4.51. The minimum Gasteiger partial charge on any atom is -0.486 e. The number of hydrogen-bond acceptors (Lipinski definition) is 5. The van der Waals surface area contributed by atoms with E-state index in [4.69, 9.17) is 4.74 Å². The molecule has 0 unspecified atom stereocenters. The molecule has 1 aliphatic carbocycles. The summed E-state index contributed by atoms with van der Waals surface area (Å²) in [6.45, 7) is 8.63. The topological polar surface area (TPSA) is 92.4 Å². The van der Waals surface area contributed by atoms with Crippen molar-refractivity contribution in [1.29, 1.82) is 0 Å². The zero-order valence-corrected chi connectivity index (χ0v) is 22.8. The molecular formula is C29H36N4O3S. The van der Waals surface area contributed by atoms with Gasteiger partial charge in [-0.05, 0) is 67.5 Å². The van der Waals surface area contributed by atoms with Gasteiger partial charge in [-0.25, -0.2) is 9.78 Å². The van der Waals surface area contributed by atoms with Gasteiger partial charge in [-0.2, -0.15) is 0 Å². The van der Waals surface area contributed by atoms with Gasteiger partial charge in [0, 0.05) is 17.1 Å². The standard InChI is InChI=1S/C29H36N4O3S/c1-18(2)21-12-14-22(15-13-21)36-16-27-30-26(17-37-27)28(34)31-24-9-5-6-10-25(24)33-29(35)32-23-11-7-8-19(3)20(23)4/h7-8,11-15,17-18,24-25H,5-6,9-10,16H2,1-4H3,(H,31,34)(H2,32,33,35)/t24-,25-/m1/s1. The number of hydrogen-bond donors (Lipinski definition) is 3. The molecule has 1 heterocycles. The molecule has 3 amide bonds. The van der Waals surface area contributed by atoms with Gasteiger partial charge < -0.3 is 20.7 Å². The van der Waals surface area contributed by atoms with Crippen molar-refractivity contribution in [1.82, 2.24) is 15.6 Å². The van der Waals surface area contributed by atoms with Gasteiger partial charge in [0.1, 0.15) is 23.1 Å². The molecule has 1 aliphatic rings. The van der Waals surface area contributed by atoms with Crippen molar-refractivity contribution in [3.05, 3.63) is 75.2 Å². The lowest BCUT2D eigenvalue weighted by molar-refractivity contribution is 0.0911. The fraction of sp³-hybridized carbons (Fsp3) is 0.414. The second kappa shape index (κ2) is 12.2. The average molecular weight is 521 g/mol. The lowest BCUT2D eigenvalue weighted by Crippen LogP contribution is -2.54. The monoisotopic (exact) mass is 520 g/mol. The van der Waals surface area contributed by atoms with E-state index >= 15 is 0 Å². The first-order valence-corrected chi connectivity index (χ1v) is 13.8. The summed E-state index contributed by atoms with van der Waals surface area (Å²) in [4.78, 5) is 30.2. The minimum absolute atomic E-state index is 0.141. The Labute approximate surface area is 223 Å². The number of aromatic nitrogens is 1. The highest BCUT2D eigenvalue weighted by Crippen LogP contribution is 2.23. The second-order valence-corrected chi connectivity index (χ2v) is 10.9. The first kappa shape index (κ1) is 26.7. The van der Waals surface area contributed by atoms with Gasteiger partial charge in [0.2, 0.25) is 0 Å². The summed E-state index contributed by atoms with van der Waals surface area (Å²) < 4.78 is 5.86. The van der Waals surface area contributed by atoms with Gasteiger partial charge in [-0.15, -0.1) is 11.3 Å². The van der Waals surface area contributed by atoms with Gasteiger partial charge in [0.15, 0.2) is 0 Å². The third kappa shape index (κ3) is 7.10. The van der Waals surface area contributed by atoms with Crippen LogP contribution in [0.25, 0.3) is 0 Å². The van der Waals surface area contributed by atoms with Gasteiger partial charge in [-0.1, -0.05) is 51.0 Å². The molecule has 1 fully saturated rings. The third-order valence-corrected chi connectivity index (χ3v) is 7.77. The van der Waals surface area contributed by atoms with Gasteiger partial charge >= 0.3 is 6.03 Å². The van der Waals surface area contributed by atoms with E-state index in [0.29, 0.717) is 18.2 Å². The van der Waals surface area contributed by atoms with E-state index in [-0.39, 0.29) is 24.0 Å². The predicted molar refractivity (Wildman–Crippen MR) is 149 cm³/mol. The maximum atomic E-state index is 13.0. The number of ether oxygens (including phenoxy) is 1. The quantitative estimate of drug-likeness (QED) is 0.324. The highest BCUT2D eigenvalue weighted by molar-refractivity contribution is 7.09. The van der Waals surface area contributed by atoms with Crippen molar-refractivity contribution >= 4 is 29.0 Å². The number of aryl methyl sites for hydroxylation is 1. The first-order valence-electron chi connectivity index (χ1n) is 12.9. The van der Waals surface area contributed by atoms with E-state index in [1.807, 2.05) is 44.2 Å². The van der Waals surface area contributed by atoms with E-state index in [1.54, 1.807) is 5.38 Å². The summed E-state index contributed by atoms with van der Waals surface area (Å²) in [5.41, 5.74) is 4.60. The molecule has 196 valence electrons. The molecule has 3 N–H and O–H groups in total. The number of nitrogens with zero attached hydrogens (tertiary/aromatic N) is 1. The molecule has 1 saturated carbocycles. The van der Waals surface area contributed by atoms with Crippen molar-refractivity contribution in [3.63, 3.8) is 0 Å². The van der Waals surface area contributed by atoms with Gasteiger partial charge in [0.25, 0.3) is 5.91 Å². The number of carbonyl (C=O) groups is 2. The average Bonchev–Trinajstić information content (AvgIpc) is 3.36. The lowest BCUT2D eigenvalue weighted by Gasteiger charge is -2.32. The summed E-state index contributed by atoms with van der Waals surface area (Å²) in [5.74, 6) is 1.03. The largest absolute Gasteiger partial charge is 0.486 e. The number of carbonyl (C=O) groups excluding carboxylic acids is 2. The van der Waals surface area contributed by atoms with Crippen LogP contribution in [0.1, 0.15) is 77.6 Å². The van der Waals surface area contributed by atoms with Crippen LogP contribution in [0.3, 0.4) is 0 Å². The molecule has 8 heteroatoms. The Hall–Kier alpha value is -3.39. The first-order chi connectivity index (χ1) is 17.8. The Bertz CT molecular complexity index is 1220. The zero-order valence-electron chi connectivity index (χ0n) is 22.0. The Morgan fingerprint density at radius 2 is 1.73 bits per heavy atom. The van der Waals surface area contributed by atoms with E-state index in [2.05, 4.69) is 46.9 Å². The van der Waals surface area contributed by atoms with E-state index in [1.165, 1.54) is 16.9 Å². The molecular weight excluding hydrogens is 484 g/mol. The van der Waals surface area contributed by atoms with Crippen LogP contribution in [0.4, 0.5) is 10.5 Å². The normalized spacial score (nSPS) is 17.3. The predicted octanol–water partition coefficient (Wildman–Crippen LogP) is 6.33. The highest BCUT2D eigenvalue weighted by atomic mass is 32.1. The molecule has 4 rings (SSSR count). The second-order valence-electron chi connectivity index (χ2n) is 9.96. The highest BCUT2D eigenvalue weighted by Gasteiger charge is 2.29. The Kier molecular flexibility index (Phi) is 8.82. The molecule has 0 bridgehead atoms. The molecule has 2 aromatic carbocycles. The Morgan fingerprint density at radius 1 is 1.03 bits per heavy atom. The van der Waals surface area contributed by atoms with Crippen LogP contribution >= 0.6 is 11.3 Å². The molecule has 7 nitrogen and oxygen atoms in total. The van der Waals surface area contributed by atoms with Crippen LogP contribution in [-0.2, 0) is 6.61 Å². The maximum Gasteiger partial charge on any atom is 0.319 e. The summed E-state index contributed by atoms with van der Waals surface area (Å²) >= 11 is 1.41. The smallest absolute Gasteiger partial charge is 0.319 e. The fourth-order valence-corrected chi connectivity index (χ4v) is 5.19. The Balaban J connectivity index is 1.31. The third-order valence-electron chi connectivity index (χ3n) is 6.95. The van der Waals surface area contributed by atoms with Gasteiger partial charge in [-0.3, -0.25) is 4.79 Å². The van der Waals surface area contributed by atoms with E-state index in [0.717, 1.165) is 53.3 Å². The van der Waals surface area contributed by atoms with Crippen molar-refractivity contribution in [2.24, 2.45) is 0 Å². The van der Waals surface area contributed by atoms with Crippen LogP contribution < -0.4 is 20.7 Å². The molecule has 0 saturated heterocycles. The molecule has 0 spiro atoms. The number of rotatable bonds is 8. The van der Waals surface area contributed by atoms with Crippen molar-refractivity contribution in [2.45, 2.75) is 78.0 Å². The van der Waals surface area contributed by atoms with Crippen molar-refractivity contribution < 1.29 is 14.3 Å². The molecule has 0 aliphatic heterocycles. The number of anilines is 1. The van der Waals surface area contributed by atoms with Crippen LogP contribution in [0.2, 0.25) is 0 Å². The molecule has 1 aromatic heterocycles. The number of urea groups is 1. The molecule has 2 atom stereocenters.